The minimum Gasteiger partial charge on any atom is -0.388 e. The van der Waals surface area contributed by atoms with E-state index in [-0.39, 0.29) is 6.10 Å². The van der Waals surface area contributed by atoms with Crippen LogP contribution >= 0.6 is 0 Å². The number of nitrogens with zero attached hydrogens (tertiary/aromatic N) is 1. The molecule has 0 aliphatic heterocycles. The highest BCUT2D eigenvalue weighted by Crippen LogP contribution is 2.52. The van der Waals surface area contributed by atoms with Gasteiger partial charge in [0, 0.05) is 11.6 Å². The van der Waals surface area contributed by atoms with Gasteiger partial charge < -0.3 is 5.11 Å². The fourth-order valence-electron chi connectivity index (χ4n) is 4.81. The molecule has 2 aromatic rings. The Labute approximate surface area is 131 Å². The molecule has 3 fully saturated rings. The number of para-hydroxylation sites is 1. The van der Waals surface area contributed by atoms with E-state index in [1.165, 1.54) is 19.3 Å². The molecular weight excluding hydrogens is 270 g/mol. The Bertz CT molecular complexity index is 690. The molecule has 1 aromatic heterocycles. The molecule has 0 saturated heterocycles. The summed E-state index contributed by atoms with van der Waals surface area (Å²) in [6.45, 7) is 4.00. The van der Waals surface area contributed by atoms with Crippen LogP contribution in [0.15, 0.2) is 49.2 Å². The van der Waals surface area contributed by atoms with Gasteiger partial charge in [-0.15, -0.1) is 6.58 Å². The highest BCUT2D eigenvalue weighted by atomic mass is 16.3. The fraction of sp³-hybridized carbons (Fsp3) is 0.450. The molecule has 0 spiro atoms. The molecule has 1 aromatic carbocycles. The smallest absolute Gasteiger partial charge is 0.0828 e. The zero-order valence-corrected chi connectivity index (χ0v) is 12.9. The summed E-state index contributed by atoms with van der Waals surface area (Å²) in [7, 11) is 0. The second kappa shape index (κ2) is 5.51. The van der Waals surface area contributed by atoms with Gasteiger partial charge in [-0.3, -0.25) is 4.98 Å². The lowest BCUT2D eigenvalue weighted by Gasteiger charge is -2.48. The van der Waals surface area contributed by atoms with E-state index in [4.69, 9.17) is 0 Å². The number of allylic oxidation sites excluding steroid dienone is 1. The summed E-state index contributed by atoms with van der Waals surface area (Å²) in [6.07, 6.45) is 8.52. The molecule has 1 N–H and O–H groups in total. The first-order chi connectivity index (χ1) is 10.8. The van der Waals surface area contributed by atoms with Crippen molar-refractivity contribution in [1.29, 1.82) is 0 Å². The van der Waals surface area contributed by atoms with E-state index in [1.807, 2.05) is 30.5 Å². The maximum Gasteiger partial charge on any atom is 0.0828 e. The molecule has 0 unspecified atom stereocenters. The Kier molecular flexibility index (Phi) is 3.50. The molecular formula is C20H23NO. The first-order valence-corrected chi connectivity index (χ1v) is 8.42. The predicted molar refractivity (Wildman–Crippen MR) is 89.3 cm³/mol. The summed E-state index contributed by atoms with van der Waals surface area (Å²) >= 11 is 0. The Morgan fingerprint density at radius 3 is 2.73 bits per heavy atom. The van der Waals surface area contributed by atoms with Crippen LogP contribution in [0.2, 0.25) is 0 Å². The molecule has 0 radical (unpaired) electrons. The molecule has 5 rings (SSSR count). The third-order valence-electron chi connectivity index (χ3n) is 5.98. The third kappa shape index (κ3) is 2.17. The van der Waals surface area contributed by atoms with Crippen LogP contribution < -0.4 is 0 Å². The van der Waals surface area contributed by atoms with E-state index in [9.17, 15) is 5.11 Å². The lowest BCUT2D eigenvalue weighted by molar-refractivity contribution is -0.0217. The summed E-state index contributed by atoms with van der Waals surface area (Å²) < 4.78 is 0. The normalized spacial score (nSPS) is 32.0. The van der Waals surface area contributed by atoms with Gasteiger partial charge in [0.1, 0.15) is 0 Å². The van der Waals surface area contributed by atoms with Crippen LogP contribution in [0.5, 0.6) is 0 Å². The van der Waals surface area contributed by atoms with Gasteiger partial charge in [0.05, 0.1) is 11.6 Å². The van der Waals surface area contributed by atoms with Gasteiger partial charge in [-0.25, -0.2) is 0 Å². The fourth-order valence-corrected chi connectivity index (χ4v) is 4.81. The molecule has 3 saturated carbocycles. The molecule has 22 heavy (non-hydrogen) atoms. The highest BCUT2D eigenvalue weighted by molar-refractivity contribution is 5.82. The van der Waals surface area contributed by atoms with Crippen LogP contribution in [0.3, 0.4) is 0 Å². The van der Waals surface area contributed by atoms with Gasteiger partial charge in [0.25, 0.3) is 0 Å². The molecule has 2 bridgehead atoms. The van der Waals surface area contributed by atoms with Gasteiger partial charge in [-0.05, 0) is 67.1 Å². The first kappa shape index (κ1) is 14.0. The number of hydrogen-bond donors (Lipinski definition) is 1. The maximum atomic E-state index is 11.1. The molecule has 3 aliphatic carbocycles. The lowest BCUT2D eigenvalue weighted by atomic mass is 9.58. The number of hydrogen-bond acceptors (Lipinski definition) is 2. The Balaban J connectivity index is 1.67. The largest absolute Gasteiger partial charge is 0.388 e. The average molecular weight is 293 g/mol. The minimum atomic E-state index is -0.369. The zero-order valence-electron chi connectivity index (χ0n) is 12.9. The maximum absolute atomic E-state index is 11.1. The van der Waals surface area contributed by atoms with E-state index in [2.05, 4.69) is 23.7 Å². The van der Waals surface area contributed by atoms with Crippen molar-refractivity contribution < 1.29 is 5.11 Å². The van der Waals surface area contributed by atoms with Crippen molar-refractivity contribution in [3.8, 4) is 0 Å². The number of rotatable bonds is 3. The number of benzene rings is 1. The van der Waals surface area contributed by atoms with Crippen molar-refractivity contribution in [2.24, 2.45) is 23.7 Å². The van der Waals surface area contributed by atoms with E-state index in [0.29, 0.717) is 17.8 Å². The van der Waals surface area contributed by atoms with Crippen molar-refractivity contribution in [1.82, 2.24) is 4.98 Å². The van der Waals surface area contributed by atoms with Gasteiger partial charge in [-0.1, -0.05) is 24.3 Å². The van der Waals surface area contributed by atoms with Crippen LogP contribution in [-0.2, 0) is 0 Å². The minimum absolute atomic E-state index is 0.369. The van der Waals surface area contributed by atoms with Gasteiger partial charge >= 0.3 is 0 Å². The quantitative estimate of drug-likeness (QED) is 0.845. The number of aliphatic hydroxyl groups is 1. The molecule has 0 amide bonds. The summed E-state index contributed by atoms with van der Waals surface area (Å²) in [5.41, 5.74) is 2.03. The van der Waals surface area contributed by atoms with E-state index >= 15 is 0 Å². The molecule has 2 heteroatoms. The van der Waals surface area contributed by atoms with Gasteiger partial charge in [0.15, 0.2) is 0 Å². The number of pyridine rings is 1. The van der Waals surface area contributed by atoms with Crippen molar-refractivity contribution in [3.05, 3.63) is 54.7 Å². The van der Waals surface area contributed by atoms with E-state index in [1.54, 1.807) is 0 Å². The SMILES string of the molecule is C=C[C@H]1C[C@H]2CC[C@@H]1C[C@@H]2[C@H](O)c1ccnc2ccccc12. The van der Waals surface area contributed by atoms with Crippen LogP contribution in [0.25, 0.3) is 10.9 Å². The molecule has 2 nitrogen and oxygen atoms in total. The Morgan fingerprint density at radius 2 is 1.95 bits per heavy atom. The summed E-state index contributed by atoms with van der Waals surface area (Å²) in [4.78, 5) is 4.42. The van der Waals surface area contributed by atoms with Crippen LogP contribution in [-0.4, -0.2) is 10.1 Å². The zero-order chi connectivity index (χ0) is 15.1. The van der Waals surface area contributed by atoms with E-state index < -0.39 is 0 Å². The Hall–Kier alpha value is -1.67. The second-order valence-electron chi connectivity index (χ2n) is 6.99. The van der Waals surface area contributed by atoms with Crippen molar-refractivity contribution in [3.63, 3.8) is 0 Å². The molecule has 5 atom stereocenters. The third-order valence-corrected chi connectivity index (χ3v) is 5.98. The number of aromatic nitrogens is 1. The van der Waals surface area contributed by atoms with Crippen molar-refractivity contribution in [2.75, 3.05) is 0 Å². The standard InChI is InChI=1S/C20H23NO/c1-2-13-11-15-8-7-14(13)12-18(15)20(22)17-9-10-21-19-6-4-3-5-16(17)19/h2-6,9-10,13-15,18,20,22H,1,7-8,11-12H2/t13-,14+,15+,18-,20+/m0/s1. The lowest BCUT2D eigenvalue weighted by Crippen LogP contribution is -2.39. The second-order valence-corrected chi connectivity index (χ2v) is 6.99. The van der Waals surface area contributed by atoms with Crippen LogP contribution in [0, 0.1) is 23.7 Å². The summed E-state index contributed by atoms with van der Waals surface area (Å²) in [5.74, 6) is 2.40. The van der Waals surface area contributed by atoms with Gasteiger partial charge in [0.2, 0.25) is 0 Å². The van der Waals surface area contributed by atoms with Crippen molar-refractivity contribution >= 4 is 10.9 Å². The topological polar surface area (TPSA) is 33.1 Å². The first-order valence-electron chi connectivity index (χ1n) is 8.42. The molecule has 114 valence electrons. The molecule has 1 heterocycles. The Morgan fingerprint density at radius 1 is 1.14 bits per heavy atom. The van der Waals surface area contributed by atoms with Crippen LogP contribution in [0.4, 0.5) is 0 Å². The number of aliphatic hydroxyl groups excluding tert-OH is 1. The number of fused-ring (bicyclic) bond motifs is 4. The monoisotopic (exact) mass is 293 g/mol. The molecule has 3 aliphatic rings. The predicted octanol–water partition coefficient (Wildman–Crippen LogP) is 4.51. The van der Waals surface area contributed by atoms with Gasteiger partial charge in [-0.2, -0.15) is 0 Å². The van der Waals surface area contributed by atoms with E-state index in [0.717, 1.165) is 28.8 Å². The van der Waals surface area contributed by atoms with Crippen LogP contribution in [0.1, 0.15) is 37.4 Å². The average Bonchev–Trinajstić information content (AvgIpc) is 2.60. The summed E-state index contributed by atoms with van der Waals surface area (Å²) in [5, 5.41) is 12.2. The highest BCUT2D eigenvalue weighted by Gasteiger charge is 2.43. The van der Waals surface area contributed by atoms with Crippen molar-refractivity contribution in [2.45, 2.75) is 31.8 Å². The summed E-state index contributed by atoms with van der Waals surface area (Å²) in [6, 6.07) is 10.1.